The molecule has 0 radical (unpaired) electrons. The van der Waals surface area contributed by atoms with Crippen LogP contribution in [0.25, 0.3) is 0 Å². The molecule has 7 heteroatoms. The summed E-state index contributed by atoms with van der Waals surface area (Å²) in [6, 6.07) is 6.08. The highest BCUT2D eigenvalue weighted by molar-refractivity contribution is 7.79. The number of benzene rings is 1. The van der Waals surface area contributed by atoms with Gasteiger partial charge in [0.1, 0.15) is 4.90 Å². The third-order valence-corrected chi connectivity index (χ3v) is 3.95. The minimum Gasteiger partial charge on any atom is -0.447 e. The largest absolute Gasteiger partial charge is 0.447 e. The normalized spacial score (nSPS) is 14.6. The third kappa shape index (κ3) is 1.82. The minimum absolute atomic E-state index is 0.123. The molecule has 1 atom stereocenters. The molecule has 3 rings (SSSR count). The Morgan fingerprint density at radius 1 is 1.14 bits per heavy atom. The summed E-state index contributed by atoms with van der Waals surface area (Å²) >= 11 is -2.62. The fourth-order valence-electron chi connectivity index (χ4n) is 2.32. The van der Waals surface area contributed by atoms with E-state index in [4.69, 9.17) is 4.42 Å². The second-order valence-corrected chi connectivity index (χ2v) is 5.38. The van der Waals surface area contributed by atoms with Gasteiger partial charge in [-0.3, -0.25) is 14.4 Å². The molecular formula is C14H8O6S. The number of carbonyl (C=O) groups excluding carboxylic acids is 3. The quantitative estimate of drug-likeness (QED) is 0.572. The van der Waals surface area contributed by atoms with Gasteiger partial charge in [-0.25, -0.2) is 4.21 Å². The number of hydrogen-bond acceptors (Lipinski definition) is 5. The van der Waals surface area contributed by atoms with Crippen LogP contribution in [0.3, 0.4) is 0 Å². The Hall–Kier alpha value is -2.38. The Labute approximate surface area is 121 Å². The van der Waals surface area contributed by atoms with Gasteiger partial charge >= 0.3 is 0 Å². The Morgan fingerprint density at radius 3 is 2.24 bits per heavy atom. The van der Waals surface area contributed by atoms with Crippen molar-refractivity contribution in [3.63, 3.8) is 0 Å². The maximum atomic E-state index is 12.4. The number of ketones is 3. The molecule has 2 aromatic rings. The average Bonchev–Trinajstić information content (AvgIpc) is 2.86. The third-order valence-electron chi connectivity index (χ3n) is 3.21. The molecule has 21 heavy (non-hydrogen) atoms. The predicted octanol–water partition coefficient (Wildman–Crippen LogP) is 1.84. The lowest BCUT2D eigenvalue weighted by molar-refractivity contribution is 0.0947. The molecule has 106 valence electrons. The summed E-state index contributed by atoms with van der Waals surface area (Å²) in [7, 11) is 0. The Bertz CT molecular complexity index is 845. The maximum absolute atomic E-state index is 12.4. The summed E-state index contributed by atoms with van der Waals surface area (Å²) in [5, 5.41) is 0. The zero-order chi connectivity index (χ0) is 15.3. The van der Waals surface area contributed by atoms with Crippen molar-refractivity contribution in [2.24, 2.45) is 0 Å². The Kier molecular flexibility index (Phi) is 2.96. The van der Waals surface area contributed by atoms with E-state index in [1.807, 2.05) is 0 Å². The van der Waals surface area contributed by atoms with E-state index in [2.05, 4.69) is 0 Å². The standard InChI is InChI=1S/C14H8O6S/c1-6(15)12-14(21(18)19)9-10(16)7-4-2-3-5-8(7)11(17)13(9)20-12/h2-5H,1H3,(H,18,19). The van der Waals surface area contributed by atoms with Crippen molar-refractivity contribution in [1.82, 2.24) is 0 Å². The highest BCUT2D eigenvalue weighted by atomic mass is 32.2. The van der Waals surface area contributed by atoms with Crippen LogP contribution in [0, 0.1) is 0 Å². The first-order valence-corrected chi connectivity index (χ1v) is 7.01. The molecule has 0 saturated heterocycles. The van der Waals surface area contributed by atoms with Crippen LogP contribution in [0.15, 0.2) is 33.6 Å². The van der Waals surface area contributed by atoms with Crippen molar-refractivity contribution in [3.05, 3.63) is 52.5 Å². The number of rotatable bonds is 2. The van der Waals surface area contributed by atoms with Crippen LogP contribution in [-0.2, 0) is 11.1 Å². The van der Waals surface area contributed by atoms with Crippen molar-refractivity contribution in [2.45, 2.75) is 11.8 Å². The summed E-state index contributed by atoms with van der Waals surface area (Å²) in [6.07, 6.45) is 0. The zero-order valence-corrected chi connectivity index (χ0v) is 11.5. The maximum Gasteiger partial charge on any atom is 0.229 e. The van der Waals surface area contributed by atoms with Gasteiger partial charge in [-0.2, -0.15) is 0 Å². The predicted molar refractivity (Wildman–Crippen MR) is 71.1 cm³/mol. The lowest BCUT2D eigenvalue weighted by Gasteiger charge is -2.12. The van der Waals surface area contributed by atoms with Crippen LogP contribution in [0.5, 0.6) is 0 Å². The number of carbonyl (C=O) groups is 3. The van der Waals surface area contributed by atoms with E-state index >= 15 is 0 Å². The molecule has 1 unspecified atom stereocenters. The van der Waals surface area contributed by atoms with Crippen molar-refractivity contribution >= 4 is 28.4 Å². The van der Waals surface area contributed by atoms with E-state index in [0.29, 0.717) is 0 Å². The lowest BCUT2D eigenvalue weighted by atomic mass is 9.88. The van der Waals surface area contributed by atoms with Gasteiger partial charge in [-0.1, -0.05) is 24.3 Å². The fourth-order valence-corrected chi connectivity index (χ4v) is 3.02. The molecule has 1 aromatic carbocycles. The molecular weight excluding hydrogens is 296 g/mol. The number of fused-ring (bicyclic) bond motifs is 2. The highest BCUT2D eigenvalue weighted by Gasteiger charge is 2.39. The van der Waals surface area contributed by atoms with E-state index in [1.54, 1.807) is 12.1 Å². The van der Waals surface area contributed by atoms with Gasteiger partial charge in [0.2, 0.25) is 5.78 Å². The van der Waals surface area contributed by atoms with E-state index in [-0.39, 0.29) is 22.5 Å². The van der Waals surface area contributed by atoms with Crippen LogP contribution < -0.4 is 0 Å². The van der Waals surface area contributed by atoms with E-state index < -0.39 is 39.1 Å². The summed E-state index contributed by atoms with van der Waals surface area (Å²) in [5.74, 6) is -2.61. The highest BCUT2D eigenvalue weighted by Crippen LogP contribution is 2.34. The number of furan rings is 1. The van der Waals surface area contributed by atoms with Gasteiger partial charge in [-0.15, -0.1) is 0 Å². The molecule has 0 spiro atoms. The summed E-state index contributed by atoms with van der Waals surface area (Å²) < 4.78 is 25.9. The molecule has 1 aliphatic rings. The molecule has 1 aliphatic carbocycles. The molecule has 0 fully saturated rings. The molecule has 0 amide bonds. The van der Waals surface area contributed by atoms with Crippen LogP contribution in [0.2, 0.25) is 0 Å². The molecule has 6 nitrogen and oxygen atoms in total. The van der Waals surface area contributed by atoms with Gasteiger partial charge in [0, 0.05) is 18.1 Å². The minimum atomic E-state index is -2.62. The van der Waals surface area contributed by atoms with Crippen LogP contribution >= 0.6 is 0 Å². The molecule has 0 bridgehead atoms. The summed E-state index contributed by atoms with van der Waals surface area (Å²) in [5.41, 5.74) is -0.0311. The topological polar surface area (TPSA) is 102 Å². The summed E-state index contributed by atoms with van der Waals surface area (Å²) in [6.45, 7) is 1.13. The summed E-state index contributed by atoms with van der Waals surface area (Å²) in [4.78, 5) is 35.8. The van der Waals surface area contributed by atoms with Crippen molar-refractivity contribution in [1.29, 1.82) is 0 Å². The number of hydrogen-bond donors (Lipinski definition) is 1. The van der Waals surface area contributed by atoms with Crippen LogP contribution in [0.4, 0.5) is 0 Å². The van der Waals surface area contributed by atoms with Crippen molar-refractivity contribution in [3.8, 4) is 0 Å². The van der Waals surface area contributed by atoms with Gasteiger partial charge in [-0.05, 0) is 0 Å². The lowest BCUT2D eigenvalue weighted by Crippen LogP contribution is -2.20. The first-order chi connectivity index (χ1) is 9.93. The van der Waals surface area contributed by atoms with E-state index in [1.165, 1.54) is 12.1 Å². The first-order valence-electron chi connectivity index (χ1n) is 5.90. The van der Waals surface area contributed by atoms with Crippen LogP contribution in [-0.4, -0.2) is 26.1 Å². The number of Topliss-reactive ketones (excluding diaryl/α,β-unsaturated/α-hetero) is 1. The second-order valence-electron chi connectivity index (χ2n) is 4.47. The van der Waals surface area contributed by atoms with Crippen LogP contribution in [0.1, 0.15) is 49.5 Å². The fraction of sp³-hybridized carbons (Fsp3) is 0.0714. The van der Waals surface area contributed by atoms with Crippen molar-refractivity contribution < 1.29 is 27.6 Å². The van der Waals surface area contributed by atoms with Gasteiger partial charge < -0.3 is 8.97 Å². The van der Waals surface area contributed by atoms with Gasteiger partial charge in [0.15, 0.2) is 34.2 Å². The SMILES string of the molecule is CC(=O)c1oc2c(c1S(=O)O)C(=O)c1ccccc1C2=O. The first kappa shape index (κ1) is 13.6. The molecule has 1 N–H and O–H groups in total. The van der Waals surface area contributed by atoms with E-state index in [0.717, 1.165) is 6.92 Å². The zero-order valence-electron chi connectivity index (χ0n) is 10.7. The second kappa shape index (κ2) is 4.57. The van der Waals surface area contributed by atoms with E-state index in [9.17, 15) is 23.1 Å². The molecule has 1 heterocycles. The average molecular weight is 304 g/mol. The monoisotopic (exact) mass is 304 g/mol. The van der Waals surface area contributed by atoms with Crippen molar-refractivity contribution in [2.75, 3.05) is 0 Å². The Balaban J connectivity index is 2.38. The Morgan fingerprint density at radius 2 is 1.71 bits per heavy atom. The molecule has 0 saturated carbocycles. The molecule has 1 aromatic heterocycles. The smallest absolute Gasteiger partial charge is 0.229 e. The molecule has 0 aliphatic heterocycles. The van der Waals surface area contributed by atoms with Gasteiger partial charge in [0.05, 0.1) is 5.56 Å². The van der Waals surface area contributed by atoms with Gasteiger partial charge in [0.25, 0.3) is 0 Å².